The highest BCUT2D eigenvalue weighted by molar-refractivity contribution is 7.18. The number of aryl methyl sites for hydroxylation is 1. The first kappa shape index (κ1) is 16.9. The minimum atomic E-state index is -0.429. The number of rotatable bonds is 3. The number of thiophene rings is 1. The van der Waals surface area contributed by atoms with Crippen LogP contribution in [-0.2, 0) is 24.2 Å². The van der Waals surface area contributed by atoms with Gasteiger partial charge in [0.15, 0.2) is 0 Å². The van der Waals surface area contributed by atoms with Crippen LogP contribution in [0.25, 0.3) is 10.2 Å². The average Bonchev–Trinajstić information content (AvgIpc) is 2.95. The van der Waals surface area contributed by atoms with Gasteiger partial charge in [-0.2, -0.15) is 0 Å². The molecule has 2 heterocycles. The van der Waals surface area contributed by atoms with Gasteiger partial charge in [-0.05, 0) is 48.9 Å². The maximum atomic E-state index is 13.2. The molecule has 1 aliphatic carbocycles. The number of fused-ring (bicyclic) bond motifs is 3. The van der Waals surface area contributed by atoms with E-state index in [1.165, 1.54) is 34.0 Å². The lowest BCUT2D eigenvalue weighted by Crippen LogP contribution is -2.28. The zero-order valence-corrected chi connectivity index (χ0v) is 15.1. The van der Waals surface area contributed by atoms with Gasteiger partial charge in [0.25, 0.3) is 5.56 Å². The standard InChI is InChI=1S/C19H18FN3O2S/c1-11-5-6-14-15(7-11)26-18-17(14)19(25)23(10-21-18)9-16(24)22-13-4-2-3-12(20)8-13/h2-4,8,10-11H,5-7,9H2,1H3,(H,22,24)/t11-/m1/s1. The van der Waals surface area contributed by atoms with E-state index >= 15 is 0 Å². The number of aromatic nitrogens is 2. The molecule has 1 aromatic carbocycles. The fourth-order valence-corrected chi connectivity index (χ4v) is 4.74. The van der Waals surface area contributed by atoms with Gasteiger partial charge in [0, 0.05) is 10.6 Å². The predicted molar refractivity (Wildman–Crippen MR) is 100 cm³/mol. The first-order valence-corrected chi connectivity index (χ1v) is 9.38. The summed E-state index contributed by atoms with van der Waals surface area (Å²) >= 11 is 1.58. The van der Waals surface area contributed by atoms with Crippen molar-refractivity contribution in [2.75, 3.05) is 5.32 Å². The van der Waals surface area contributed by atoms with Gasteiger partial charge in [-0.15, -0.1) is 11.3 Å². The SMILES string of the molecule is C[C@@H]1CCc2c(sc3ncn(CC(=O)Nc4cccc(F)c4)c(=O)c23)C1. The number of hydrogen-bond acceptors (Lipinski definition) is 4. The van der Waals surface area contributed by atoms with Crippen LogP contribution in [0.1, 0.15) is 23.8 Å². The molecule has 0 bridgehead atoms. The van der Waals surface area contributed by atoms with Crippen LogP contribution < -0.4 is 10.9 Å². The zero-order valence-electron chi connectivity index (χ0n) is 14.3. The van der Waals surface area contributed by atoms with Crippen LogP contribution >= 0.6 is 11.3 Å². The van der Waals surface area contributed by atoms with Crippen molar-refractivity contribution in [3.63, 3.8) is 0 Å². The Morgan fingerprint density at radius 3 is 3.12 bits per heavy atom. The molecule has 0 saturated heterocycles. The molecule has 0 aliphatic heterocycles. The number of carbonyl (C=O) groups is 1. The van der Waals surface area contributed by atoms with Crippen LogP contribution in [0.5, 0.6) is 0 Å². The molecule has 3 aromatic rings. The van der Waals surface area contributed by atoms with Crippen LogP contribution in [0, 0.1) is 11.7 Å². The molecule has 1 N–H and O–H groups in total. The number of nitrogens with one attached hydrogen (secondary N) is 1. The summed E-state index contributed by atoms with van der Waals surface area (Å²) in [4.78, 5) is 31.5. The zero-order chi connectivity index (χ0) is 18.3. The Kier molecular flexibility index (Phi) is 4.32. The van der Waals surface area contributed by atoms with Gasteiger partial charge in [-0.1, -0.05) is 13.0 Å². The van der Waals surface area contributed by atoms with Gasteiger partial charge in [-0.25, -0.2) is 9.37 Å². The van der Waals surface area contributed by atoms with Crippen molar-refractivity contribution < 1.29 is 9.18 Å². The first-order valence-electron chi connectivity index (χ1n) is 8.56. The monoisotopic (exact) mass is 371 g/mol. The van der Waals surface area contributed by atoms with Crippen LogP contribution in [0.3, 0.4) is 0 Å². The molecule has 5 nitrogen and oxygen atoms in total. The van der Waals surface area contributed by atoms with E-state index in [2.05, 4.69) is 17.2 Å². The van der Waals surface area contributed by atoms with Gasteiger partial charge >= 0.3 is 0 Å². The van der Waals surface area contributed by atoms with Crippen molar-refractivity contribution in [3.8, 4) is 0 Å². The summed E-state index contributed by atoms with van der Waals surface area (Å²) in [6, 6.07) is 5.65. The van der Waals surface area contributed by atoms with Crippen molar-refractivity contribution >= 4 is 33.1 Å². The van der Waals surface area contributed by atoms with Gasteiger partial charge in [0.2, 0.25) is 5.91 Å². The fourth-order valence-electron chi connectivity index (χ4n) is 3.40. The van der Waals surface area contributed by atoms with Crippen LogP contribution in [0.2, 0.25) is 0 Å². The quantitative estimate of drug-likeness (QED) is 0.768. The first-order chi connectivity index (χ1) is 12.5. The average molecular weight is 371 g/mol. The summed E-state index contributed by atoms with van der Waals surface area (Å²) < 4.78 is 14.5. The Bertz CT molecular complexity index is 1060. The molecule has 0 radical (unpaired) electrons. The molecule has 4 rings (SSSR count). The summed E-state index contributed by atoms with van der Waals surface area (Å²) in [6.45, 7) is 2.06. The number of benzene rings is 1. The molecule has 134 valence electrons. The van der Waals surface area contributed by atoms with Crippen molar-refractivity contribution in [1.82, 2.24) is 9.55 Å². The third-order valence-corrected chi connectivity index (χ3v) is 5.87. The van der Waals surface area contributed by atoms with Crippen molar-refractivity contribution in [2.45, 2.75) is 32.7 Å². The van der Waals surface area contributed by atoms with E-state index in [1.807, 2.05) is 0 Å². The minimum absolute atomic E-state index is 0.153. The number of nitrogens with zero attached hydrogens (tertiary/aromatic N) is 2. The molecule has 1 aliphatic rings. The summed E-state index contributed by atoms with van der Waals surface area (Å²) in [6.07, 6.45) is 4.34. The Labute approximate surface area is 153 Å². The molecule has 7 heteroatoms. The van der Waals surface area contributed by atoms with Crippen LogP contribution in [-0.4, -0.2) is 15.5 Å². The lowest BCUT2D eigenvalue weighted by atomic mass is 9.89. The van der Waals surface area contributed by atoms with Crippen LogP contribution in [0.4, 0.5) is 10.1 Å². The maximum Gasteiger partial charge on any atom is 0.262 e. The van der Waals surface area contributed by atoms with Crippen LogP contribution in [0.15, 0.2) is 35.4 Å². The largest absolute Gasteiger partial charge is 0.324 e. The fraction of sp³-hybridized carbons (Fsp3) is 0.316. The van der Waals surface area contributed by atoms with Gasteiger partial charge in [0.1, 0.15) is 17.2 Å². The number of amides is 1. The lowest BCUT2D eigenvalue weighted by Gasteiger charge is -2.17. The Balaban J connectivity index is 1.62. The molecule has 1 amide bonds. The highest BCUT2D eigenvalue weighted by Crippen LogP contribution is 2.35. The van der Waals surface area contributed by atoms with Crippen molar-refractivity contribution in [2.24, 2.45) is 5.92 Å². The van der Waals surface area contributed by atoms with Gasteiger partial charge in [-0.3, -0.25) is 14.2 Å². The molecule has 0 fully saturated rings. The van der Waals surface area contributed by atoms with Gasteiger partial charge < -0.3 is 5.32 Å². The molecule has 0 spiro atoms. The summed E-state index contributed by atoms with van der Waals surface area (Å²) in [5.41, 5.74) is 1.27. The molecule has 2 aromatic heterocycles. The second kappa shape index (κ2) is 6.64. The Morgan fingerprint density at radius 2 is 2.31 bits per heavy atom. The van der Waals surface area contributed by atoms with E-state index < -0.39 is 11.7 Å². The molecular formula is C19H18FN3O2S. The minimum Gasteiger partial charge on any atom is -0.324 e. The maximum absolute atomic E-state index is 13.2. The lowest BCUT2D eigenvalue weighted by molar-refractivity contribution is -0.116. The summed E-state index contributed by atoms with van der Waals surface area (Å²) in [5, 5.41) is 3.26. The smallest absolute Gasteiger partial charge is 0.262 e. The summed E-state index contributed by atoms with van der Waals surface area (Å²) in [7, 11) is 0. The topological polar surface area (TPSA) is 64.0 Å². The molecular weight excluding hydrogens is 353 g/mol. The third-order valence-electron chi connectivity index (χ3n) is 4.70. The second-order valence-electron chi connectivity index (χ2n) is 6.77. The molecule has 0 unspecified atom stereocenters. The number of hydrogen-bond donors (Lipinski definition) is 1. The number of carbonyl (C=O) groups excluding carboxylic acids is 1. The van der Waals surface area contributed by atoms with E-state index in [-0.39, 0.29) is 12.1 Å². The Morgan fingerprint density at radius 1 is 1.46 bits per heavy atom. The van der Waals surface area contributed by atoms with Crippen molar-refractivity contribution in [3.05, 3.63) is 57.2 Å². The number of anilines is 1. The van der Waals surface area contributed by atoms with E-state index in [4.69, 9.17) is 0 Å². The highest BCUT2D eigenvalue weighted by Gasteiger charge is 2.23. The third kappa shape index (κ3) is 3.14. The molecule has 0 saturated carbocycles. The van der Waals surface area contributed by atoms with E-state index in [0.717, 1.165) is 29.7 Å². The Hall–Kier alpha value is -2.54. The predicted octanol–water partition coefficient (Wildman–Crippen LogP) is 3.36. The van der Waals surface area contributed by atoms with Gasteiger partial charge in [0.05, 0.1) is 11.7 Å². The van der Waals surface area contributed by atoms with Crippen molar-refractivity contribution in [1.29, 1.82) is 0 Å². The second-order valence-corrected chi connectivity index (χ2v) is 7.85. The number of halogens is 1. The van der Waals surface area contributed by atoms with E-state index in [1.54, 1.807) is 17.4 Å². The highest BCUT2D eigenvalue weighted by atomic mass is 32.1. The normalized spacial score (nSPS) is 16.5. The summed E-state index contributed by atoms with van der Waals surface area (Å²) in [5.74, 6) is -0.200. The van der Waals surface area contributed by atoms with E-state index in [9.17, 15) is 14.0 Å². The molecule has 1 atom stereocenters. The van der Waals surface area contributed by atoms with E-state index in [0.29, 0.717) is 17.0 Å². The molecule has 26 heavy (non-hydrogen) atoms.